The van der Waals surface area contributed by atoms with Crippen molar-refractivity contribution in [2.45, 2.75) is 43.9 Å². The first-order valence-electron chi connectivity index (χ1n) is 8.82. The summed E-state index contributed by atoms with van der Waals surface area (Å²) in [5.74, 6) is -1.30. The smallest absolute Gasteiger partial charge is 0.340 e. The maximum absolute atomic E-state index is 12.3. The molecule has 0 saturated carbocycles. The van der Waals surface area contributed by atoms with Crippen LogP contribution in [0.5, 0.6) is 0 Å². The molecule has 158 valence electrons. The number of nitrogens with two attached hydrogens (primary N) is 1. The Morgan fingerprint density at radius 2 is 1.90 bits per heavy atom. The fourth-order valence-electron chi connectivity index (χ4n) is 2.89. The van der Waals surface area contributed by atoms with E-state index in [-0.39, 0.29) is 35.1 Å². The molecular formula is C18H22N2O8S. The van der Waals surface area contributed by atoms with E-state index in [9.17, 15) is 27.4 Å². The third-order valence-electron chi connectivity index (χ3n) is 4.42. The van der Waals surface area contributed by atoms with Gasteiger partial charge in [0.2, 0.25) is 5.91 Å². The lowest BCUT2D eigenvalue weighted by molar-refractivity contribution is -0.137. The molecular weight excluding hydrogens is 404 g/mol. The molecule has 0 radical (unpaired) electrons. The van der Waals surface area contributed by atoms with Gasteiger partial charge in [-0.25, -0.2) is 4.79 Å². The summed E-state index contributed by atoms with van der Waals surface area (Å²) in [5, 5.41) is 11.4. The lowest BCUT2D eigenvalue weighted by Crippen LogP contribution is -2.28. The predicted molar refractivity (Wildman–Crippen MR) is 104 cm³/mol. The minimum atomic E-state index is -4.57. The second-order valence-corrected chi connectivity index (χ2v) is 7.98. The molecule has 0 aliphatic heterocycles. The van der Waals surface area contributed by atoms with Crippen LogP contribution in [0.4, 0.5) is 5.69 Å². The second kappa shape index (κ2) is 9.05. The van der Waals surface area contributed by atoms with Gasteiger partial charge in [-0.1, -0.05) is 6.42 Å². The Kier molecular flexibility index (Phi) is 6.98. The number of amides is 1. The number of carboxylic acids is 1. The highest BCUT2D eigenvalue weighted by Gasteiger charge is 2.20. The molecule has 0 saturated heterocycles. The van der Waals surface area contributed by atoms with Crippen LogP contribution in [-0.4, -0.2) is 36.5 Å². The van der Waals surface area contributed by atoms with Gasteiger partial charge in [0.15, 0.2) is 0 Å². The molecule has 0 bridgehead atoms. The summed E-state index contributed by atoms with van der Waals surface area (Å²) in [5.41, 5.74) is 5.04. The zero-order valence-corrected chi connectivity index (χ0v) is 16.5. The maximum atomic E-state index is 12.3. The fourth-order valence-corrected chi connectivity index (χ4v) is 3.51. The highest BCUT2D eigenvalue weighted by molar-refractivity contribution is 7.86. The lowest BCUT2D eigenvalue weighted by Gasteiger charge is -2.10. The van der Waals surface area contributed by atoms with Gasteiger partial charge in [-0.2, -0.15) is 8.42 Å². The Labute approximate surface area is 166 Å². The number of carbonyl (C=O) groups excluding carboxylic acids is 1. The van der Waals surface area contributed by atoms with E-state index in [2.05, 4.69) is 5.32 Å². The molecule has 0 atom stereocenters. The van der Waals surface area contributed by atoms with Crippen LogP contribution in [0.15, 0.2) is 26.2 Å². The number of nitrogen functional groups attached to an aromatic ring is 1. The Morgan fingerprint density at radius 1 is 1.21 bits per heavy atom. The van der Waals surface area contributed by atoms with Gasteiger partial charge in [-0.05, 0) is 31.4 Å². The number of fused-ring (bicyclic) bond motifs is 1. The standard InChI is InChI=1S/C18H22N2O8S/c1-10-11-7-15(29(25,26)27)13(19)9-14(11)28-18(24)12(10)8-16(21)20-6-4-2-3-5-17(22)23/h7,9H,2-6,8,19H2,1H3,(H,20,21)(H,22,23)(H,25,26,27). The minimum absolute atomic E-state index is 0.0417. The summed E-state index contributed by atoms with van der Waals surface area (Å²) in [7, 11) is -4.57. The van der Waals surface area contributed by atoms with Crippen LogP contribution < -0.4 is 16.7 Å². The molecule has 11 heteroatoms. The summed E-state index contributed by atoms with van der Waals surface area (Å²) in [6.45, 7) is 1.87. The van der Waals surface area contributed by atoms with Crippen molar-refractivity contribution in [3.63, 3.8) is 0 Å². The van der Waals surface area contributed by atoms with E-state index >= 15 is 0 Å². The Hall–Kier alpha value is -2.92. The summed E-state index contributed by atoms with van der Waals surface area (Å²) in [6, 6.07) is 2.23. The zero-order chi connectivity index (χ0) is 21.8. The van der Waals surface area contributed by atoms with Crippen molar-refractivity contribution in [3.8, 4) is 0 Å². The molecule has 1 amide bonds. The second-order valence-electron chi connectivity index (χ2n) is 6.59. The summed E-state index contributed by atoms with van der Waals surface area (Å²) in [4.78, 5) is 34.3. The number of nitrogens with one attached hydrogen (secondary N) is 1. The van der Waals surface area contributed by atoms with Gasteiger partial charge in [0.25, 0.3) is 10.1 Å². The largest absolute Gasteiger partial charge is 0.481 e. The van der Waals surface area contributed by atoms with Gasteiger partial charge in [0.1, 0.15) is 10.5 Å². The number of hydrogen-bond acceptors (Lipinski definition) is 7. The number of carboxylic acid groups (broad SMARTS) is 1. The topological polar surface area (TPSA) is 177 Å². The molecule has 0 spiro atoms. The van der Waals surface area contributed by atoms with Crippen molar-refractivity contribution in [1.82, 2.24) is 5.32 Å². The van der Waals surface area contributed by atoms with E-state index in [0.717, 1.165) is 12.1 Å². The first kappa shape index (κ1) is 22.4. The Balaban J connectivity index is 2.16. The molecule has 1 aromatic heterocycles. The molecule has 1 heterocycles. The molecule has 29 heavy (non-hydrogen) atoms. The number of unbranched alkanes of at least 4 members (excludes halogenated alkanes) is 2. The highest BCUT2D eigenvalue weighted by Crippen LogP contribution is 2.28. The highest BCUT2D eigenvalue weighted by atomic mass is 32.2. The predicted octanol–water partition coefficient (Wildman–Crippen LogP) is 1.23. The van der Waals surface area contributed by atoms with Crippen molar-refractivity contribution < 1.29 is 32.1 Å². The van der Waals surface area contributed by atoms with E-state index in [1.54, 1.807) is 0 Å². The minimum Gasteiger partial charge on any atom is -0.481 e. The van der Waals surface area contributed by atoms with Crippen LogP contribution >= 0.6 is 0 Å². The van der Waals surface area contributed by atoms with Gasteiger partial charge in [0, 0.05) is 24.4 Å². The number of rotatable bonds is 9. The molecule has 5 N–H and O–H groups in total. The third kappa shape index (κ3) is 5.78. The van der Waals surface area contributed by atoms with Crippen LogP contribution in [0.3, 0.4) is 0 Å². The fraction of sp³-hybridized carbons (Fsp3) is 0.389. The van der Waals surface area contributed by atoms with Crippen molar-refractivity contribution in [2.75, 3.05) is 12.3 Å². The van der Waals surface area contributed by atoms with E-state index in [4.69, 9.17) is 15.3 Å². The molecule has 0 unspecified atom stereocenters. The molecule has 10 nitrogen and oxygen atoms in total. The maximum Gasteiger partial charge on any atom is 0.340 e. The molecule has 2 rings (SSSR count). The normalized spacial score (nSPS) is 11.5. The summed E-state index contributed by atoms with van der Waals surface area (Å²) >= 11 is 0. The SMILES string of the molecule is Cc1c(CC(=O)NCCCCCC(=O)O)c(=O)oc2cc(N)c(S(=O)(=O)O)cc12. The van der Waals surface area contributed by atoms with E-state index in [0.29, 0.717) is 31.4 Å². The average molecular weight is 426 g/mol. The first-order valence-corrected chi connectivity index (χ1v) is 10.3. The third-order valence-corrected chi connectivity index (χ3v) is 5.33. The van der Waals surface area contributed by atoms with Crippen molar-refractivity contribution in [3.05, 3.63) is 33.7 Å². The quantitative estimate of drug-likeness (QED) is 0.199. The van der Waals surface area contributed by atoms with Gasteiger partial charge < -0.3 is 20.6 Å². The number of aliphatic carboxylic acids is 1. The summed E-state index contributed by atoms with van der Waals surface area (Å²) < 4.78 is 37.3. The van der Waals surface area contributed by atoms with Crippen molar-refractivity contribution >= 4 is 38.7 Å². The van der Waals surface area contributed by atoms with Gasteiger partial charge in [0.05, 0.1) is 17.7 Å². The zero-order valence-electron chi connectivity index (χ0n) is 15.7. The molecule has 0 aliphatic carbocycles. The van der Waals surface area contributed by atoms with Crippen LogP contribution in [0.25, 0.3) is 11.0 Å². The number of hydrogen-bond donors (Lipinski definition) is 4. The number of anilines is 1. The molecule has 0 fully saturated rings. The van der Waals surface area contributed by atoms with E-state index < -0.39 is 32.5 Å². The van der Waals surface area contributed by atoms with Gasteiger partial charge in [-0.3, -0.25) is 14.1 Å². The Morgan fingerprint density at radius 3 is 2.52 bits per heavy atom. The summed E-state index contributed by atoms with van der Waals surface area (Å²) in [6.07, 6.45) is 1.55. The van der Waals surface area contributed by atoms with E-state index in [1.165, 1.54) is 6.92 Å². The van der Waals surface area contributed by atoms with Crippen LogP contribution in [0, 0.1) is 6.92 Å². The lowest BCUT2D eigenvalue weighted by atomic mass is 10.0. The first-order chi connectivity index (χ1) is 13.5. The molecule has 2 aromatic rings. The van der Waals surface area contributed by atoms with Crippen LogP contribution in [-0.2, 0) is 26.1 Å². The van der Waals surface area contributed by atoms with Crippen LogP contribution in [0.1, 0.15) is 36.8 Å². The number of aryl methyl sites for hydroxylation is 1. The molecule has 0 aliphatic rings. The number of carbonyl (C=O) groups is 2. The van der Waals surface area contributed by atoms with Gasteiger partial charge in [-0.15, -0.1) is 0 Å². The average Bonchev–Trinajstić information content (AvgIpc) is 2.59. The van der Waals surface area contributed by atoms with Gasteiger partial charge >= 0.3 is 11.6 Å². The Bertz CT molecular complexity index is 1110. The number of benzene rings is 1. The monoisotopic (exact) mass is 426 g/mol. The molecule has 1 aromatic carbocycles. The van der Waals surface area contributed by atoms with Crippen LogP contribution in [0.2, 0.25) is 0 Å². The van der Waals surface area contributed by atoms with Crippen molar-refractivity contribution in [2.24, 2.45) is 0 Å². The van der Waals surface area contributed by atoms with Crippen molar-refractivity contribution in [1.29, 1.82) is 0 Å². The van der Waals surface area contributed by atoms with E-state index in [1.807, 2.05) is 0 Å².